The minimum absolute atomic E-state index is 0.105. The van der Waals surface area contributed by atoms with Crippen LogP contribution in [0.1, 0.15) is 37.6 Å². The van der Waals surface area contributed by atoms with E-state index >= 15 is 0 Å². The monoisotopic (exact) mass is 318 g/mol. The number of aliphatic carboxylic acids is 1. The first kappa shape index (κ1) is 16.7. The molecule has 110 valence electrons. The normalized spacial score (nSPS) is 12.8. The summed E-state index contributed by atoms with van der Waals surface area (Å²) in [4.78, 5) is 26.8. The fraction of sp³-hybridized carbons (Fsp3) is 0.462. The summed E-state index contributed by atoms with van der Waals surface area (Å²) >= 11 is 11.5. The number of carbonyl (C=O) groups excluding carboxylic acids is 1. The number of rotatable bonds is 4. The van der Waals surface area contributed by atoms with Crippen LogP contribution in [0.15, 0.2) is 12.1 Å². The van der Waals surface area contributed by atoms with Crippen LogP contribution in [-0.2, 0) is 4.79 Å². The molecule has 1 unspecified atom stereocenters. The average molecular weight is 319 g/mol. The number of carboxylic acid groups (broad SMARTS) is 1. The summed E-state index contributed by atoms with van der Waals surface area (Å²) in [6.07, 6.45) is -0.165. The Morgan fingerprint density at radius 3 is 2.20 bits per heavy atom. The molecule has 1 rings (SSSR count). The molecule has 1 aromatic heterocycles. The zero-order valence-corrected chi connectivity index (χ0v) is 12.9. The van der Waals surface area contributed by atoms with Crippen LogP contribution < -0.4 is 5.32 Å². The molecular weight excluding hydrogens is 303 g/mol. The molecule has 1 heterocycles. The lowest BCUT2D eigenvalue weighted by molar-refractivity contribution is -0.138. The van der Waals surface area contributed by atoms with Gasteiger partial charge >= 0.3 is 5.97 Å². The summed E-state index contributed by atoms with van der Waals surface area (Å²) in [5.74, 6) is -1.41. The maximum atomic E-state index is 12.1. The molecule has 1 amide bonds. The highest BCUT2D eigenvalue weighted by atomic mass is 35.5. The van der Waals surface area contributed by atoms with Crippen molar-refractivity contribution in [3.8, 4) is 0 Å². The van der Waals surface area contributed by atoms with E-state index in [2.05, 4.69) is 10.3 Å². The summed E-state index contributed by atoms with van der Waals surface area (Å²) in [7, 11) is 0. The van der Waals surface area contributed by atoms with Gasteiger partial charge in [0.1, 0.15) is 10.3 Å². The van der Waals surface area contributed by atoms with Crippen molar-refractivity contribution in [2.24, 2.45) is 5.41 Å². The van der Waals surface area contributed by atoms with E-state index < -0.39 is 23.3 Å². The Bertz CT molecular complexity index is 507. The molecule has 20 heavy (non-hydrogen) atoms. The molecule has 0 aliphatic heterocycles. The molecule has 7 heteroatoms. The first-order chi connectivity index (χ1) is 9.09. The van der Waals surface area contributed by atoms with E-state index in [9.17, 15) is 9.59 Å². The minimum atomic E-state index is -0.976. The van der Waals surface area contributed by atoms with Gasteiger partial charge < -0.3 is 10.4 Å². The molecule has 0 saturated heterocycles. The number of hydrogen-bond acceptors (Lipinski definition) is 3. The SMILES string of the molecule is CC(C)(C)C(CC(=O)O)NC(=O)c1cc(Cl)nc(Cl)c1. The van der Waals surface area contributed by atoms with E-state index in [0.29, 0.717) is 0 Å². The van der Waals surface area contributed by atoms with Gasteiger partial charge in [-0.05, 0) is 17.5 Å². The predicted octanol–water partition coefficient (Wildman–Crippen LogP) is 3.01. The number of hydrogen-bond donors (Lipinski definition) is 2. The lowest BCUT2D eigenvalue weighted by Gasteiger charge is -2.30. The zero-order chi connectivity index (χ0) is 15.5. The van der Waals surface area contributed by atoms with Crippen LogP contribution in [0.2, 0.25) is 10.3 Å². The van der Waals surface area contributed by atoms with Crippen LogP contribution in [0.25, 0.3) is 0 Å². The predicted molar refractivity (Wildman–Crippen MR) is 77.2 cm³/mol. The highest BCUT2D eigenvalue weighted by molar-refractivity contribution is 6.33. The Morgan fingerprint density at radius 1 is 1.30 bits per heavy atom. The summed E-state index contributed by atoms with van der Waals surface area (Å²) in [5.41, 5.74) is -0.149. The second-order valence-corrected chi connectivity index (χ2v) is 6.27. The van der Waals surface area contributed by atoms with Gasteiger partial charge in [-0.15, -0.1) is 0 Å². The van der Waals surface area contributed by atoms with Gasteiger partial charge in [-0.3, -0.25) is 9.59 Å². The van der Waals surface area contributed by atoms with Crippen LogP contribution in [0.3, 0.4) is 0 Å². The molecule has 2 N–H and O–H groups in total. The first-order valence-electron chi connectivity index (χ1n) is 5.95. The van der Waals surface area contributed by atoms with Crippen molar-refractivity contribution in [3.05, 3.63) is 28.0 Å². The van der Waals surface area contributed by atoms with Crippen LogP contribution in [0.4, 0.5) is 0 Å². The molecule has 0 bridgehead atoms. The Balaban J connectivity index is 2.93. The third-order valence-corrected chi connectivity index (χ3v) is 3.14. The van der Waals surface area contributed by atoms with Crippen molar-refractivity contribution in [1.29, 1.82) is 0 Å². The highest BCUT2D eigenvalue weighted by Gasteiger charge is 2.28. The van der Waals surface area contributed by atoms with Crippen molar-refractivity contribution < 1.29 is 14.7 Å². The smallest absolute Gasteiger partial charge is 0.305 e. The molecule has 0 saturated carbocycles. The van der Waals surface area contributed by atoms with Crippen LogP contribution in [0, 0.1) is 5.41 Å². The highest BCUT2D eigenvalue weighted by Crippen LogP contribution is 2.23. The second-order valence-electron chi connectivity index (χ2n) is 5.49. The number of nitrogens with zero attached hydrogens (tertiary/aromatic N) is 1. The lowest BCUT2D eigenvalue weighted by Crippen LogP contribution is -2.45. The van der Waals surface area contributed by atoms with Gasteiger partial charge in [-0.1, -0.05) is 44.0 Å². The minimum Gasteiger partial charge on any atom is -0.481 e. The topological polar surface area (TPSA) is 79.3 Å². The van der Waals surface area contributed by atoms with Gasteiger partial charge in [0, 0.05) is 11.6 Å². The number of halogens is 2. The summed E-state index contributed by atoms with van der Waals surface area (Å²) < 4.78 is 0. The number of carboxylic acids is 1. The summed E-state index contributed by atoms with van der Waals surface area (Å²) in [6.45, 7) is 5.56. The lowest BCUT2D eigenvalue weighted by atomic mass is 9.84. The third-order valence-electron chi connectivity index (χ3n) is 2.75. The van der Waals surface area contributed by atoms with E-state index in [1.54, 1.807) is 0 Å². The van der Waals surface area contributed by atoms with Gasteiger partial charge in [0.25, 0.3) is 5.91 Å². The molecule has 0 radical (unpaired) electrons. The van der Waals surface area contributed by atoms with Gasteiger partial charge in [0.2, 0.25) is 0 Å². The van der Waals surface area contributed by atoms with Gasteiger partial charge in [0.05, 0.1) is 6.42 Å². The summed E-state index contributed by atoms with van der Waals surface area (Å²) in [5, 5.41) is 11.8. The Kier molecular flexibility index (Phi) is 5.36. The average Bonchev–Trinajstić information content (AvgIpc) is 2.24. The molecular formula is C13H16Cl2N2O3. The number of carbonyl (C=O) groups is 2. The van der Waals surface area contributed by atoms with Crippen molar-refractivity contribution in [2.45, 2.75) is 33.2 Å². The third kappa shape index (κ3) is 4.98. The van der Waals surface area contributed by atoms with Crippen LogP contribution in [-0.4, -0.2) is 28.0 Å². The molecule has 1 atom stereocenters. The maximum absolute atomic E-state index is 12.1. The molecule has 0 aliphatic rings. The molecule has 0 aliphatic carbocycles. The van der Waals surface area contributed by atoms with Crippen molar-refractivity contribution in [2.75, 3.05) is 0 Å². The van der Waals surface area contributed by atoms with Gasteiger partial charge in [0.15, 0.2) is 0 Å². The number of pyridine rings is 1. The largest absolute Gasteiger partial charge is 0.481 e. The number of nitrogens with one attached hydrogen (secondary N) is 1. The fourth-order valence-electron chi connectivity index (χ4n) is 1.59. The molecule has 1 aromatic rings. The van der Waals surface area contributed by atoms with Gasteiger partial charge in [-0.2, -0.15) is 0 Å². The van der Waals surface area contributed by atoms with Crippen molar-refractivity contribution >= 4 is 35.1 Å². The Labute approximate surface area is 127 Å². The quantitative estimate of drug-likeness (QED) is 0.836. The number of amides is 1. The van der Waals surface area contributed by atoms with Gasteiger partial charge in [-0.25, -0.2) is 4.98 Å². The number of aromatic nitrogens is 1. The molecule has 0 fully saturated rings. The first-order valence-corrected chi connectivity index (χ1v) is 6.71. The van der Waals surface area contributed by atoms with Crippen LogP contribution >= 0.6 is 23.2 Å². The Morgan fingerprint density at radius 2 is 1.80 bits per heavy atom. The molecule has 0 spiro atoms. The van der Waals surface area contributed by atoms with E-state index in [4.69, 9.17) is 28.3 Å². The summed E-state index contributed by atoms with van der Waals surface area (Å²) in [6, 6.07) is 2.24. The van der Waals surface area contributed by atoms with Crippen molar-refractivity contribution in [1.82, 2.24) is 10.3 Å². The zero-order valence-electron chi connectivity index (χ0n) is 11.4. The standard InChI is InChI=1S/C13H16Cl2N2O3/c1-13(2,3)8(6-11(18)19)16-12(20)7-4-9(14)17-10(15)5-7/h4-5,8H,6H2,1-3H3,(H,16,20)(H,18,19). The maximum Gasteiger partial charge on any atom is 0.305 e. The van der Waals surface area contributed by atoms with E-state index in [1.165, 1.54) is 12.1 Å². The van der Waals surface area contributed by atoms with E-state index in [1.807, 2.05) is 20.8 Å². The Hall–Kier alpha value is -1.33. The fourth-order valence-corrected chi connectivity index (χ4v) is 2.05. The molecule has 5 nitrogen and oxygen atoms in total. The van der Waals surface area contributed by atoms with E-state index in [0.717, 1.165) is 0 Å². The second kappa shape index (κ2) is 6.41. The van der Waals surface area contributed by atoms with Crippen molar-refractivity contribution in [3.63, 3.8) is 0 Å². The van der Waals surface area contributed by atoms with E-state index in [-0.39, 0.29) is 22.3 Å². The molecule has 0 aromatic carbocycles. The van der Waals surface area contributed by atoms with Crippen LogP contribution in [0.5, 0.6) is 0 Å².